The van der Waals surface area contributed by atoms with Crippen LogP contribution in [-0.2, 0) is 9.53 Å². The summed E-state index contributed by atoms with van der Waals surface area (Å²) in [7, 11) is 1.46. The number of nitrogens with one attached hydrogen (secondary N) is 1. The summed E-state index contributed by atoms with van der Waals surface area (Å²) in [6, 6.07) is 0.619. The van der Waals surface area contributed by atoms with Gasteiger partial charge in [-0.1, -0.05) is 20.8 Å². The highest BCUT2D eigenvalue weighted by molar-refractivity contribution is 5.76. The first-order valence-electron chi connectivity index (χ1n) is 7.02. The van der Waals surface area contributed by atoms with Crippen molar-refractivity contribution in [3.05, 3.63) is 0 Å². The van der Waals surface area contributed by atoms with Gasteiger partial charge in [0.25, 0.3) is 0 Å². The van der Waals surface area contributed by atoms with Crippen molar-refractivity contribution in [3.8, 4) is 0 Å². The van der Waals surface area contributed by atoms with E-state index < -0.39 is 0 Å². The van der Waals surface area contributed by atoms with Gasteiger partial charge in [0.05, 0.1) is 7.11 Å². The Morgan fingerprint density at radius 1 is 1.44 bits per heavy atom. The summed E-state index contributed by atoms with van der Waals surface area (Å²) in [6.45, 7) is 10.5. The van der Waals surface area contributed by atoms with Crippen LogP contribution in [0, 0.1) is 5.92 Å². The molecule has 106 valence electrons. The quantitative estimate of drug-likeness (QED) is 0.759. The maximum absolute atomic E-state index is 11.8. The van der Waals surface area contributed by atoms with Gasteiger partial charge in [0.2, 0.25) is 0 Å². The predicted octanol–water partition coefficient (Wildman–Crippen LogP) is 1.65. The third-order valence-corrected chi connectivity index (χ3v) is 3.71. The summed E-state index contributed by atoms with van der Waals surface area (Å²) in [5.41, 5.74) is 0. The Kier molecular flexibility index (Phi) is 6.09. The van der Waals surface area contributed by atoms with Crippen molar-refractivity contribution >= 4 is 5.97 Å². The van der Waals surface area contributed by atoms with Gasteiger partial charge in [-0.05, 0) is 32.2 Å². The number of piperidine rings is 1. The molecule has 0 saturated carbocycles. The first-order chi connectivity index (χ1) is 8.43. The molecule has 1 aliphatic heterocycles. The molecule has 0 aromatic heterocycles. The lowest BCUT2D eigenvalue weighted by Gasteiger charge is -2.38. The van der Waals surface area contributed by atoms with E-state index in [0.29, 0.717) is 6.04 Å². The van der Waals surface area contributed by atoms with Gasteiger partial charge < -0.3 is 10.1 Å². The molecule has 0 aliphatic carbocycles. The molecule has 1 N–H and O–H groups in total. The van der Waals surface area contributed by atoms with E-state index in [-0.39, 0.29) is 18.1 Å². The molecular weight excluding hydrogens is 228 g/mol. The number of hydrogen-bond acceptors (Lipinski definition) is 4. The number of ether oxygens (including phenoxy) is 1. The van der Waals surface area contributed by atoms with Crippen LogP contribution in [0.5, 0.6) is 0 Å². The minimum atomic E-state index is -0.217. The standard InChI is InChI=1S/C14H28N2O2/c1-10(2)15-13(14(17)18-5)9-16-7-6-11(3)8-12(16)4/h10-13,15H,6-9H2,1-5H3. The molecule has 3 atom stereocenters. The van der Waals surface area contributed by atoms with E-state index in [4.69, 9.17) is 4.74 Å². The molecule has 0 aromatic carbocycles. The molecule has 0 amide bonds. The molecule has 0 aromatic rings. The minimum absolute atomic E-state index is 0.158. The molecule has 1 heterocycles. The SMILES string of the molecule is COC(=O)C(CN1CCC(C)CC1C)NC(C)C. The molecule has 0 spiro atoms. The average molecular weight is 256 g/mol. The smallest absolute Gasteiger partial charge is 0.324 e. The van der Waals surface area contributed by atoms with Crippen molar-refractivity contribution in [3.63, 3.8) is 0 Å². The topological polar surface area (TPSA) is 41.6 Å². The van der Waals surface area contributed by atoms with Gasteiger partial charge in [-0.15, -0.1) is 0 Å². The van der Waals surface area contributed by atoms with Gasteiger partial charge in [-0.25, -0.2) is 0 Å². The van der Waals surface area contributed by atoms with Crippen LogP contribution in [0.3, 0.4) is 0 Å². The maximum atomic E-state index is 11.8. The van der Waals surface area contributed by atoms with E-state index in [9.17, 15) is 4.79 Å². The second kappa shape index (κ2) is 7.10. The van der Waals surface area contributed by atoms with Crippen LogP contribution in [0.25, 0.3) is 0 Å². The Morgan fingerprint density at radius 2 is 2.11 bits per heavy atom. The lowest BCUT2D eigenvalue weighted by atomic mass is 9.93. The van der Waals surface area contributed by atoms with Crippen molar-refractivity contribution in [2.24, 2.45) is 5.92 Å². The van der Waals surface area contributed by atoms with Crippen molar-refractivity contribution in [1.82, 2.24) is 10.2 Å². The van der Waals surface area contributed by atoms with Crippen molar-refractivity contribution in [1.29, 1.82) is 0 Å². The van der Waals surface area contributed by atoms with E-state index in [1.54, 1.807) is 0 Å². The molecule has 18 heavy (non-hydrogen) atoms. The molecule has 1 saturated heterocycles. The Balaban J connectivity index is 2.56. The number of rotatable bonds is 5. The van der Waals surface area contributed by atoms with Gasteiger partial charge in [0.1, 0.15) is 6.04 Å². The number of carbonyl (C=O) groups excluding carboxylic acids is 1. The Labute approximate surface area is 111 Å². The van der Waals surface area contributed by atoms with Gasteiger partial charge in [0, 0.05) is 18.6 Å². The molecule has 4 nitrogen and oxygen atoms in total. The monoisotopic (exact) mass is 256 g/mol. The summed E-state index contributed by atoms with van der Waals surface area (Å²) < 4.78 is 4.88. The summed E-state index contributed by atoms with van der Waals surface area (Å²) in [4.78, 5) is 14.2. The Hall–Kier alpha value is -0.610. The summed E-state index contributed by atoms with van der Waals surface area (Å²) >= 11 is 0. The Morgan fingerprint density at radius 3 is 2.61 bits per heavy atom. The summed E-state index contributed by atoms with van der Waals surface area (Å²) in [6.07, 6.45) is 2.44. The van der Waals surface area contributed by atoms with Crippen molar-refractivity contribution in [2.75, 3.05) is 20.2 Å². The summed E-state index contributed by atoms with van der Waals surface area (Å²) in [5, 5.41) is 3.29. The highest BCUT2D eigenvalue weighted by atomic mass is 16.5. The van der Waals surface area contributed by atoms with E-state index in [2.05, 4.69) is 37.9 Å². The van der Waals surface area contributed by atoms with Crippen molar-refractivity contribution in [2.45, 2.75) is 58.7 Å². The van der Waals surface area contributed by atoms with E-state index in [0.717, 1.165) is 19.0 Å². The molecule has 1 aliphatic rings. The minimum Gasteiger partial charge on any atom is -0.468 e. The van der Waals surface area contributed by atoms with E-state index in [1.807, 2.05) is 0 Å². The number of likely N-dealkylation sites (tertiary alicyclic amines) is 1. The predicted molar refractivity (Wildman–Crippen MR) is 73.5 cm³/mol. The fraction of sp³-hybridized carbons (Fsp3) is 0.929. The van der Waals surface area contributed by atoms with Crippen LogP contribution < -0.4 is 5.32 Å². The van der Waals surface area contributed by atoms with Crippen LogP contribution in [0.4, 0.5) is 0 Å². The molecule has 4 heteroatoms. The number of hydrogen-bond donors (Lipinski definition) is 1. The normalized spacial score (nSPS) is 27.2. The van der Waals surface area contributed by atoms with E-state index >= 15 is 0 Å². The number of esters is 1. The van der Waals surface area contributed by atoms with Crippen molar-refractivity contribution < 1.29 is 9.53 Å². The van der Waals surface area contributed by atoms with Gasteiger partial charge >= 0.3 is 5.97 Å². The molecule has 0 radical (unpaired) electrons. The number of methoxy groups -OCH3 is 1. The van der Waals surface area contributed by atoms with Crippen LogP contribution >= 0.6 is 0 Å². The molecule has 0 bridgehead atoms. The highest BCUT2D eigenvalue weighted by Crippen LogP contribution is 2.22. The number of carbonyl (C=O) groups is 1. The fourth-order valence-electron chi connectivity index (χ4n) is 2.70. The number of nitrogens with zero attached hydrogens (tertiary/aromatic N) is 1. The molecule has 3 unspecified atom stereocenters. The van der Waals surface area contributed by atoms with E-state index in [1.165, 1.54) is 20.0 Å². The van der Waals surface area contributed by atoms with Gasteiger partial charge in [-0.2, -0.15) is 0 Å². The maximum Gasteiger partial charge on any atom is 0.324 e. The lowest BCUT2D eigenvalue weighted by Crippen LogP contribution is -2.52. The van der Waals surface area contributed by atoms with Crippen LogP contribution in [0.2, 0.25) is 0 Å². The third-order valence-electron chi connectivity index (χ3n) is 3.71. The largest absolute Gasteiger partial charge is 0.468 e. The fourth-order valence-corrected chi connectivity index (χ4v) is 2.70. The zero-order chi connectivity index (χ0) is 13.7. The van der Waals surface area contributed by atoms with Crippen LogP contribution in [0.1, 0.15) is 40.5 Å². The first-order valence-corrected chi connectivity index (χ1v) is 7.02. The zero-order valence-corrected chi connectivity index (χ0v) is 12.4. The lowest BCUT2D eigenvalue weighted by molar-refractivity contribution is -0.144. The Bertz CT molecular complexity index is 269. The highest BCUT2D eigenvalue weighted by Gasteiger charge is 2.28. The summed E-state index contributed by atoms with van der Waals surface area (Å²) in [5.74, 6) is 0.639. The molecule has 1 fully saturated rings. The first kappa shape index (κ1) is 15.4. The van der Waals surface area contributed by atoms with Crippen LogP contribution in [0.15, 0.2) is 0 Å². The average Bonchev–Trinajstić information content (AvgIpc) is 2.30. The molecular formula is C14H28N2O2. The third kappa shape index (κ3) is 4.58. The van der Waals surface area contributed by atoms with Gasteiger partial charge in [-0.3, -0.25) is 9.69 Å². The van der Waals surface area contributed by atoms with Crippen LogP contribution in [-0.4, -0.2) is 49.2 Å². The zero-order valence-electron chi connectivity index (χ0n) is 12.4. The van der Waals surface area contributed by atoms with Gasteiger partial charge in [0.15, 0.2) is 0 Å². The second-order valence-electron chi connectivity index (χ2n) is 5.87. The second-order valence-corrected chi connectivity index (χ2v) is 5.87. The molecule has 1 rings (SSSR count).